The van der Waals surface area contributed by atoms with E-state index in [2.05, 4.69) is 11.9 Å². The van der Waals surface area contributed by atoms with E-state index >= 15 is 0 Å². The standard InChI is InChI=1S/C22H32N2O2S/c1-2-3-4-5-6-7-8-9-10-11-18-27-22-23-16-17-24(22)20-14-12-19(13-15-20)21(25)26/h12-17H,2-11,18H2,1H3,(H,25,26). The number of benzene rings is 1. The molecule has 0 aliphatic heterocycles. The van der Waals surface area contributed by atoms with E-state index in [0.717, 1.165) is 16.6 Å². The number of hydrogen-bond acceptors (Lipinski definition) is 3. The van der Waals surface area contributed by atoms with Gasteiger partial charge in [0.05, 0.1) is 5.56 Å². The van der Waals surface area contributed by atoms with Crippen molar-refractivity contribution in [1.82, 2.24) is 9.55 Å². The minimum Gasteiger partial charge on any atom is -0.478 e. The molecule has 2 aromatic rings. The van der Waals surface area contributed by atoms with Gasteiger partial charge in [0.1, 0.15) is 0 Å². The Morgan fingerprint density at radius 2 is 1.56 bits per heavy atom. The Morgan fingerprint density at radius 3 is 2.15 bits per heavy atom. The first-order valence-electron chi connectivity index (χ1n) is 10.2. The van der Waals surface area contributed by atoms with Gasteiger partial charge in [-0.25, -0.2) is 9.78 Å². The molecule has 0 radical (unpaired) electrons. The van der Waals surface area contributed by atoms with Gasteiger partial charge in [0.2, 0.25) is 0 Å². The highest BCUT2D eigenvalue weighted by molar-refractivity contribution is 7.99. The average molecular weight is 389 g/mol. The molecule has 2 rings (SSSR count). The Balaban J connectivity index is 1.63. The van der Waals surface area contributed by atoms with Gasteiger partial charge in [0.25, 0.3) is 0 Å². The highest BCUT2D eigenvalue weighted by Crippen LogP contribution is 2.22. The summed E-state index contributed by atoms with van der Waals surface area (Å²) in [5.74, 6) is 0.170. The van der Waals surface area contributed by atoms with Crippen LogP contribution in [-0.2, 0) is 0 Å². The quantitative estimate of drug-likeness (QED) is 0.293. The third-order valence-corrected chi connectivity index (χ3v) is 5.78. The van der Waals surface area contributed by atoms with E-state index in [9.17, 15) is 4.79 Å². The monoisotopic (exact) mass is 388 g/mol. The number of carboxylic acid groups (broad SMARTS) is 1. The molecule has 4 nitrogen and oxygen atoms in total. The van der Waals surface area contributed by atoms with Crippen LogP contribution in [-0.4, -0.2) is 26.4 Å². The van der Waals surface area contributed by atoms with Gasteiger partial charge in [-0.2, -0.15) is 0 Å². The maximum Gasteiger partial charge on any atom is 0.335 e. The van der Waals surface area contributed by atoms with Crippen LogP contribution in [0.3, 0.4) is 0 Å². The van der Waals surface area contributed by atoms with Gasteiger partial charge >= 0.3 is 5.97 Å². The Labute approximate surface area is 167 Å². The first kappa shape index (κ1) is 21.5. The molecule has 1 N–H and O–H groups in total. The molecule has 0 atom stereocenters. The summed E-state index contributed by atoms with van der Waals surface area (Å²) in [7, 11) is 0. The number of thioether (sulfide) groups is 1. The van der Waals surface area contributed by atoms with Crippen LogP contribution in [0, 0.1) is 0 Å². The molecule has 1 heterocycles. The third kappa shape index (κ3) is 7.79. The van der Waals surface area contributed by atoms with Crippen LogP contribution in [0.2, 0.25) is 0 Å². The molecule has 0 unspecified atom stereocenters. The predicted octanol–water partition coefficient (Wildman–Crippen LogP) is 6.58. The lowest BCUT2D eigenvalue weighted by Crippen LogP contribution is -1.99. The molecule has 0 bridgehead atoms. The fraction of sp³-hybridized carbons (Fsp3) is 0.545. The van der Waals surface area contributed by atoms with Crippen molar-refractivity contribution in [3.05, 3.63) is 42.2 Å². The largest absolute Gasteiger partial charge is 0.478 e. The van der Waals surface area contributed by atoms with Gasteiger partial charge < -0.3 is 5.11 Å². The summed E-state index contributed by atoms with van der Waals surface area (Å²) in [4.78, 5) is 15.4. The number of carbonyl (C=O) groups is 1. The average Bonchev–Trinajstić information content (AvgIpc) is 3.14. The molecule has 0 saturated heterocycles. The summed E-state index contributed by atoms with van der Waals surface area (Å²) in [5, 5.41) is 9.97. The summed E-state index contributed by atoms with van der Waals surface area (Å²) in [6.07, 6.45) is 17.2. The number of hydrogen-bond donors (Lipinski definition) is 1. The van der Waals surface area contributed by atoms with Crippen LogP contribution in [0.15, 0.2) is 41.8 Å². The van der Waals surface area contributed by atoms with Crippen LogP contribution in [0.25, 0.3) is 5.69 Å². The van der Waals surface area contributed by atoms with Crippen molar-refractivity contribution < 1.29 is 9.90 Å². The zero-order chi connectivity index (χ0) is 19.3. The molecule has 148 valence electrons. The molecule has 0 spiro atoms. The summed E-state index contributed by atoms with van der Waals surface area (Å²) in [6, 6.07) is 6.92. The van der Waals surface area contributed by atoms with Crippen molar-refractivity contribution in [2.75, 3.05) is 5.75 Å². The smallest absolute Gasteiger partial charge is 0.335 e. The van der Waals surface area contributed by atoms with Crippen molar-refractivity contribution in [2.45, 2.75) is 76.3 Å². The number of carboxylic acids is 1. The molecule has 0 aliphatic rings. The molecule has 0 amide bonds. The van der Waals surface area contributed by atoms with Crippen molar-refractivity contribution in [3.8, 4) is 5.69 Å². The summed E-state index contributed by atoms with van der Waals surface area (Å²) in [6.45, 7) is 2.26. The molecular formula is C22H32N2O2S. The van der Waals surface area contributed by atoms with Crippen LogP contribution in [0.4, 0.5) is 0 Å². The fourth-order valence-electron chi connectivity index (χ4n) is 3.11. The number of nitrogens with zero attached hydrogens (tertiary/aromatic N) is 2. The Kier molecular flexibility index (Phi) is 10.1. The van der Waals surface area contributed by atoms with E-state index in [-0.39, 0.29) is 0 Å². The molecule has 0 saturated carbocycles. The molecular weight excluding hydrogens is 356 g/mol. The molecule has 5 heteroatoms. The summed E-state index contributed by atoms with van der Waals surface area (Å²) >= 11 is 1.77. The number of unbranched alkanes of at least 4 members (excludes halogenated alkanes) is 9. The van der Waals surface area contributed by atoms with Crippen LogP contribution in [0.1, 0.15) is 81.5 Å². The van der Waals surface area contributed by atoms with Gasteiger partial charge in [-0.1, -0.05) is 76.5 Å². The first-order chi connectivity index (χ1) is 13.2. The molecule has 1 aromatic heterocycles. The third-order valence-electron chi connectivity index (χ3n) is 4.73. The maximum absolute atomic E-state index is 11.0. The first-order valence-corrected chi connectivity index (χ1v) is 11.2. The Morgan fingerprint density at radius 1 is 0.963 bits per heavy atom. The number of rotatable bonds is 14. The van der Waals surface area contributed by atoms with Crippen molar-refractivity contribution in [1.29, 1.82) is 0 Å². The lowest BCUT2D eigenvalue weighted by molar-refractivity contribution is 0.0697. The molecule has 0 fully saturated rings. The van der Waals surface area contributed by atoms with Gasteiger partial charge in [0, 0.05) is 23.8 Å². The van der Waals surface area contributed by atoms with Crippen molar-refractivity contribution in [2.24, 2.45) is 0 Å². The Bertz CT molecular complexity index is 667. The zero-order valence-corrected chi connectivity index (χ0v) is 17.2. The van der Waals surface area contributed by atoms with E-state index in [4.69, 9.17) is 5.11 Å². The van der Waals surface area contributed by atoms with E-state index < -0.39 is 5.97 Å². The number of imidazole rings is 1. The van der Waals surface area contributed by atoms with E-state index in [1.165, 1.54) is 64.2 Å². The Hall–Kier alpha value is -1.75. The molecule has 0 aliphatic carbocycles. The van der Waals surface area contributed by atoms with Crippen LogP contribution >= 0.6 is 11.8 Å². The van der Waals surface area contributed by atoms with Crippen LogP contribution < -0.4 is 0 Å². The highest BCUT2D eigenvalue weighted by Gasteiger charge is 2.07. The van der Waals surface area contributed by atoms with E-state index in [1.54, 1.807) is 30.1 Å². The van der Waals surface area contributed by atoms with Gasteiger partial charge in [-0.15, -0.1) is 0 Å². The lowest BCUT2D eigenvalue weighted by Gasteiger charge is -2.08. The van der Waals surface area contributed by atoms with Gasteiger partial charge in [0.15, 0.2) is 5.16 Å². The summed E-state index contributed by atoms with van der Waals surface area (Å²) in [5.41, 5.74) is 1.25. The normalized spacial score (nSPS) is 11.0. The minimum atomic E-state index is -0.900. The molecule has 1 aromatic carbocycles. The summed E-state index contributed by atoms with van der Waals surface area (Å²) < 4.78 is 2.02. The van der Waals surface area contributed by atoms with Gasteiger partial charge in [-0.05, 0) is 30.7 Å². The lowest BCUT2D eigenvalue weighted by atomic mass is 10.1. The predicted molar refractivity (Wildman–Crippen MR) is 113 cm³/mol. The number of aromatic nitrogens is 2. The highest BCUT2D eigenvalue weighted by atomic mass is 32.2. The molecule has 27 heavy (non-hydrogen) atoms. The second-order valence-corrected chi connectivity index (χ2v) is 8.02. The van der Waals surface area contributed by atoms with Crippen molar-refractivity contribution >= 4 is 17.7 Å². The minimum absolute atomic E-state index is 0.304. The topological polar surface area (TPSA) is 55.1 Å². The van der Waals surface area contributed by atoms with E-state index in [1.807, 2.05) is 22.9 Å². The second kappa shape index (κ2) is 12.6. The van der Waals surface area contributed by atoms with Crippen LogP contribution in [0.5, 0.6) is 0 Å². The van der Waals surface area contributed by atoms with Crippen molar-refractivity contribution in [3.63, 3.8) is 0 Å². The second-order valence-electron chi connectivity index (χ2n) is 6.96. The SMILES string of the molecule is CCCCCCCCCCCCSc1nccn1-c1ccc(C(=O)O)cc1. The van der Waals surface area contributed by atoms with Gasteiger partial charge in [-0.3, -0.25) is 4.57 Å². The van der Waals surface area contributed by atoms with E-state index in [0.29, 0.717) is 5.56 Å². The number of aromatic carboxylic acids is 1. The zero-order valence-electron chi connectivity index (χ0n) is 16.4. The maximum atomic E-state index is 11.0. The fourth-order valence-corrected chi connectivity index (χ4v) is 4.08.